The molecule has 100 valence electrons. The van der Waals surface area contributed by atoms with E-state index in [4.69, 9.17) is 10.5 Å². The molecule has 1 amide bonds. The van der Waals surface area contributed by atoms with E-state index in [9.17, 15) is 4.79 Å². The summed E-state index contributed by atoms with van der Waals surface area (Å²) in [6.45, 7) is 0.501. The van der Waals surface area contributed by atoms with E-state index in [0.29, 0.717) is 23.5 Å². The summed E-state index contributed by atoms with van der Waals surface area (Å²) in [6, 6.07) is 6.96. The molecule has 4 nitrogen and oxygen atoms in total. The summed E-state index contributed by atoms with van der Waals surface area (Å²) in [6.07, 6.45) is 0. The first-order valence-corrected chi connectivity index (χ1v) is 7.22. The first kappa shape index (κ1) is 13.9. The predicted octanol–water partition coefficient (Wildman–Crippen LogP) is 3.03. The van der Waals surface area contributed by atoms with Gasteiger partial charge in [-0.25, -0.2) is 0 Å². The van der Waals surface area contributed by atoms with Crippen LogP contribution in [0.15, 0.2) is 34.1 Å². The molecule has 6 heteroatoms. The SMILES string of the molecule is COc1ccc(C(=O)NCc2cc(Br)cs2)cc1N. The number of methoxy groups -OCH3 is 1. The Bertz CT molecular complexity index is 598. The van der Waals surface area contributed by atoms with E-state index >= 15 is 0 Å². The van der Waals surface area contributed by atoms with Crippen LogP contribution in [-0.2, 0) is 6.54 Å². The molecule has 1 aromatic carbocycles. The van der Waals surface area contributed by atoms with Crippen molar-refractivity contribution in [1.82, 2.24) is 5.32 Å². The highest BCUT2D eigenvalue weighted by molar-refractivity contribution is 9.10. The minimum absolute atomic E-state index is 0.154. The van der Waals surface area contributed by atoms with Crippen molar-refractivity contribution in [3.8, 4) is 5.75 Å². The van der Waals surface area contributed by atoms with Crippen molar-refractivity contribution >= 4 is 38.9 Å². The lowest BCUT2D eigenvalue weighted by molar-refractivity contribution is 0.0951. The zero-order valence-corrected chi connectivity index (χ0v) is 12.7. The minimum atomic E-state index is -0.154. The summed E-state index contributed by atoms with van der Waals surface area (Å²) in [4.78, 5) is 13.0. The van der Waals surface area contributed by atoms with Crippen LogP contribution in [0.5, 0.6) is 5.75 Å². The molecule has 0 fully saturated rings. The van der Waals surface area contributed by atoms with Gasteiger partial charge in [0.1, 0.15) is 5.75 Å². The molecule has 2 rings (SSSR count). The van der Waals surface area contributed by atoms with Gasteiger partial charge in [-0.3, -0.25) is 4.79 Å². The van der Waals surface area contributed by atoms with Crippen molar-refractivity contribution in [3.63, 3.8) is 0 Å². The van der Waals surface area contributed by atoms with Crippen LogP contribution in [0.25, 0.3) is 0 Å². The van der Waals surface area contributed by atoms with E-state index in [-0.39, 0.29) is 5.91 Å². The third kappa shape index (κ3) is 3.48. The minimum Gasteiger partial charge on any atom is -0.495 e. The maximum absolute atomic E-state index is 12.0. The Labute approximate surface area is 123 Å². The highest BCUT2D eigenvalue weighted by Crippen LogP contribution is 2.22. The van der Waals surface area contributed by atoms with Gasteiger partial charge in [-0.1, -0.05) is 0 Å². The number of halogens is 1. The molecule has 0 saturated heterocycles. The lowest BCUT2D eigenvalue weighted by atomic mass is 10.1. The number of nitrogens with two attached hydrogens (primary N) is 1. The molecule has 0 aliphatic carbocycles. The van der Waals surface area contributed by atoms with Crippen molar-refractivity contribution < 1.29 is 9.53 Å². The summed E-state index contributed by atoms with van der Waals surface area (Å²) in [5.41, 5.74) is 6.75. The van der Waals surface area contributed by atoms with Crippen molar-refractivity contribution in [2.45, 2.75) is 6.54 Å². The number of benzene rings is 1. The summed E-state index contributed by atoms with van der Waals surface area (Å²) in [7, 11) is 1.54. The lowest BCUT2D eigenvalue weighted by Gasteiger charge is -2.07. The number of carbonyl (C=O) groups excluding carboxylic acids is 1. The fourth-order valence-corrected chi connectivity index (χ4v) is 2.98. The number of nitrogens with one attached hydrogen (secondary N) is 1. The monoisotopic (exact) mass is 340 g/mol. The van der Waals surface area contributed by atoms with Gasteiger partial charge in [-0.15, -0.1) is 11.3 Å². The van der Waals surface area contributed by atoms with Gasteiger partial charge >= 0.3 is 0 Å². The Morgan fingerprint density at radius 2 is 2.26 bits per heavy atom. The third-order valence-corrected chi connectivity index (χ3v) is 4.23. The highest BCUT2D eigenvalue weighted by Gasteiger charge is 2.08. The number of ether oxygens (including phenoxy) is 1. The Balaban J connectivity index is 2.01. The molecule has 0 radical (unpaired) electrons. The van der Waals surface area contributed by atoms with E-state index in [1.165, 1.54) is 0 Å². The topological polar surface area (TPSA) is 64.3 Å². The fourth-order valence-electron chi connectivity index (χ4n) is 1.59. The van der Waals surface area contributed by atoms with Crippen molar-refractivity contribution in [1.29, 1.82) is 0 Å². The number of nitrogen functional groups attached to an aromatic ring is 1. The molecular formula is C13H13BrN2O2S. The van der Waals surface area contributed by atoms with Gasteiger partial charge in [0.15, 0.2) is 0 Å². The predicted molar refractivity (Wildman–Crippen MR) is 80.6 cm³/mol. The Morgan fingerprint density at radius 3 is 2.84 bits per heavy atom. The maximum atomic E-state index is 12.0. The summed E-state index contributed by atoms with van der Waals surface area (Å²) in [5.74, 6) is 0.414. The summed E-state index contributed by atoms with van der Waals surface area (Å²) < 4.78 is 6.08. The van der Waals surface area contributed by atoms with E-state index < -0.39 is 0 Å². The number of rotatable bonds is 4. The molecule has 0 bridgehead atoms. The fraction of sp³-hybridized carbons (Fsp3) is 0.154. The van der Waals surface area contributed by atoms with E-state index in [1.54, 1.807) is 36.6 Å². The van der Waals surface area contributed by atoms with Crippen LogP contribution >= 0.6 is 27.3 Å². The van der Waals surface area contributed by atoms with Gasteiger partial charge < -0.3 is 15.8 Å². The van der Waals surface area contributed by atoms with Gasteiger partial charge in [0.25, 0.3) is 5.91 Å². The molecule has 1 heterocycles. The van der Waals surface area contributed by atoms with Crippen LogP contribution in [0.1, 0.15) is 15.2 Å². The quantitative estimate of drug-likeness (QED) is 0.840. The van der Waals surface area contributed by atoms with Crippen LogP contribution < -0.4 is 15.8 Å². The first-order chi connectivity index (χ1) is 9.10. The molecule has 0 unspecified atom stereocenters. The standard InChI is InChI=1S/C13H13BrN2O2S/c1-18-12-3-2-8(4-11(12)15)13(17)16-6-10-5-9(14)7-19-10/h2-5,7H,6,15H2,1H3,(H,16,17). The van der Waals surface area contributed by atoms with E-state index in [0.717, 1.165) is 9.35 Å². The average Bonchev–Trinajstić information content (AvgIpc) is 2.81. The van der Waals surface area contributed by atoms with Crippen molar-refractivity contribution in [2.24, 2.45) is 0 Å². The second kappa shape index (κ2) is 6.08. The normalized spacial score (nSPS) is 10.2. The first-order valence-electron chi connectivity index (χ1n) is 5.55. The third-order valence-electron chi connectivity index (χ3n) is 2.54. The average molecular weight is 341 g/mol. The summed E-state index contributed by atoms with van der Waals surface area (Å²) >= 11 is 4.97. The molecule has 1 aromatic heterocycles. The largest absolute Gasteiger partial charge is 0.495 e. The molecule has 0 aliphatic rings. The number of amides is 1. The van der Waals surface area contributed by atoms with Crippen LogP contribution in [0, 0.1) is 0 Å². The number of thiophene rings is 1. The lowest BCUT2D eigenvalue weighted by Crippen LogP contribution is -2.22. The number of carbonyl (C=O) groups is 1. The summed E-state index contributed by atoms with van der Waals surface area (Å²) in [5, 5.41) is 4.83. The zero-order chi connectivity index (χ0) is 13.8. The molecular weight excluding hydrogens is 328 g/mol. The maximum Gasteiger partial charge on any atom is 0.251 e. The van der Waals surface area contributed by atoms with E-state index in [2.05, 4.69) is 21.2 Å². The smallest absolute Gasteiger partial charge is 0.251 e. The zero-order valence-electron chi connectivity index (χ0n) is 10.3. The molecule has 0 saturated carbocycles. The molecule has 0 aliphatic heterocycles. The van der Waals surface area contributed by atoms with Gasteiger partial charge in [0.05, 0.1) is 19.3 Å². The van der Waals surface area contributed by atoms with Crippen LogP contribution in [-0.4, -0.2) is 13.0 Å². The number of hydrogen-bond acceptors (Lipinski definition) is 4. The van der Waals surface area contributed by atoms with Crippen LogP contribution in [0.2, 0.25) is 0 Å². The second-order valence-electron chi connectivity index (χ2n) is 3.87. The van der Waals surface area contributed by atoms with E-state index in [1.807, 2.05) is 11.4 Å². The van der Waals surface area contributed by atoms with Crippen LogP contribution in [0.3, 0.4) is 0 Å². The van der Waals surface area contributed by atoms with Gasteiger partial charge in [-0.2, -0.15) is 0 Å². The Kier molecular flexibility index (Phi) is 4.44. The van der Waals surface area contributed by atoms with Gasteiger partial charge in [0.2, 0.25) is 0 Å². The molecule has 0 atom stereocenters. The molecule has 3 N–H and O–H groups in total. The number of hydrogen-bond donors (Lipinski definition) is 2. The van der Waals surface area contributed by atoms with Gasteiger partial charge in [0, 0.05) is 20.3 Å². The highest BCUT2D eigenvalue weighted by atomic mass is 79.9. The van der Waals surface area contributed by atoms with Gasteiger partial charge in [-0.05, 0) is 40.2 Å². The Morgan fingerprint density at radius 1 is 1.47 bits per heavy atom. The molecule has 2 aromatic rings. The van der Waals surface area contributed by atoms with Crippen LogP contribution in [0.4, 0.5) is 5.69 Å². The van der Waals surface area contributed by atoms with Crippen molar-refractivity contribution in [2.75, 3.05) is 12.8 Å². The number of anilines is 1. The Hall–Kier alpha value is -1.53. The molecule has 0 spiro atoms. The molecule has 19 heavy (non-hydrogen) atoms. The van der Waals surface area contributed by atoms with Crippen molar-refractivity contribution in [3.05, 3.63) is 44.6 Å². The second-order valence-corrected chi connectivity index (χ2v) is 5.78.